The van der Waals surface area contributed by atoms with Crippen LogP contribution in [-0.2, 0) is 6.54 Å². The number of rotatable bonds is 7. The molecule has 1 aromatic heterocycles. The summed E-state index contributed by atoms with van der Waals surface area (Å²) in [5, 5.41) is 9.30. The highest BCUT2D eigenvalue weighted by molar-refractivity contribution is 6.02. The fraction of sp³-hybridized carbons (Fsp3) is 0.250. The van der Waals surface area contributed by atoms with Gasteiger partial charge in [0.15, 0.2) is 11.7 Å². The zero-order valence-corrected chi connectivity index (χ0v) is 17.9. The summed E-state index contributed by atoms with van der Waals surface area (Å²) >= 11 is 0. The van der Waals surface area contributed by atoms with Crippen molar-refractivity contribution in [3.8, 4) is 0 Å². The first kappa shape index (κ1) is 22.1. The van der Waals surface area contributed by atoms with E-state index in [2.05, 4.69) is 20.9 Å². The second-order valence-corrected chi connectivity index (χ2v) is 7.20. The van der Waals surface area contributed by atoms with Crippen LogP contribution in [0.25, 0.3) is 0 Å². The van der Waals surface area contributed by atoms with Crippen LogP contribution in [-0.4, -0.2) is 18.4 Å². The highest BCUT2D eigenvalue weighted by atomic mass is 19.1. The molecule has 2 aromatic carbocycles. The summed E-state index contributed by atoms with van der Waals surface area (Å²) in [7, 11) is 0. The Morgan fingerprint density at radius 2 is 1.94 bits per heavy atom. The van der Waals surface area contributed by atoms with E-state index in [1.165, 1.54) is 6.26 Å². The average Bonchev–Trinajstić information content (AvgIpc) is 3.30. The molecule has 0 aliphatic rings. The molecule has 31 heavy (non-hydrogen) atoms. The number of carbonyl (C=O) groups is 1. The van der Waals surface area contributed by atoms with Crippen molar-refractivity contribution < 1.29 is 13.6 Å². The monoisotopic (exact) mass is 422 g/mol. The van der Waals surface area contributed by atoms with Gasteiger partial charge in [-0.15, -0.1) is 0 Å². The van der Waals surface area contributed by atoms with E-state index >= 15 is 0 Å². The van der Waals surface area contributed by atoms with Crippen LogP contribution < -0.4 is 16.0 Å². The Hall–Kier alpha value is -3.61. The number of carbonyl (C=O) groups excluding carboxylic acids is 1. The minimum absolute atomic E-state index is 0.105. The summed E-state index contributed by atoms with van der Waals surface area (Å²) in [4.78, 5) is 16.7. The van der Waals surface area contributed by atoms with Gasteiger partial charge in [0, 0.05) is 12.2 Å². The summed E-state index contributed by atoms with van der Waals surface area (Å²) < 4.78 is 19.0. The first-order valence-corrected chi connectivity index (χ1v) is 10.2. The Bertz CT molecular complexity index is 1030. The molecule has 7 heteroatoms. The topological polar surface area (TPSA) is 78.7 Å². The molecule has 0 aliphatic heterocycles. The zero-order chi connectivity index (χ0) is 22.2. The van der Waals surface area contributed by atoms with E-state index in [1.54, 1.807) is 31.2 Å². The molecule has 0 saturated carbocycles. The molecule has 162 valence electrons. The Balaban J connectivity index is 1.61. The van der Waals surface area contributed by atoms with E-state index in [1.807, 2.05) is 44.2 Å². The molecule has 0 bridgehead atoms. The number of guanidine groups is 1. The van der Waals surface area contributed by atoms with E-state index in [-0.39, 0.29) is 23.5 Å². The van der Waals surface area contributed by atoms with Crippen LogP contribution in [0.2, 0.25) is 0 Å². The molecule has 1 amide bonds. The molecule has 0 saturated heterocycles. The number of halogens is 1. The van der Waals surface area contributed by atoms with Crippen LogP contribution >= 0.6 is 0 Å². The zero-order valence-electron chi connectivity index (χ0n) is 17.9. The fourth-order valence-electron chi connectivity index (χ4n) is 2.95. The Kier molecular flexibility index (Phi) is 7.43. The highest BCUT2D eigenvalue weighted by Crippen LogP contribution is 2.16. The third-order valence-electron chi connectivity index (χ3n) is 4.77. The molecule has 0 spiro atoms. The maximum absolute atomic E-state index is 13.9. The van der Waals surface area contributed by atoms with Crippen LogP contribution in [0, 0.1) is 12.7 Å². The van der Waals surface area contributed by atoms with Gasteiger partial charge in [-0.05, 0) is 67.8 Å². The van der Waals surface area contributed by atoms with Crippen molar-refractivity contribution in [3.63, 3.8) is 0 Å². The summed E-state index contributed by atoms with van der Waals surface area (Å²) in [6.45, 7) is 6.86. The van der Waals surface area contributed by atoms with Gasteiger partial charge in [-0.2, -0.15) is 0 Å². The largest absolute Gasteiger partial charge is 0.459 e. The molecule has 1 atom stereocenters. The number of nitrogens with zero attached hydrogens (tertiary/aromatic N) is 1. The maximum atomic E-state index is 13.9. The molecule has 1 unspecified atom stereocenters. The van der Waals surface area contributed by atoms with Gasteiger partial charge in [0.1, 0.15) is 5.82 Å². The van der Waals surface area contributed by atoms with Gasteiger partial charge < -0.3 is 20.4 Å². The predicted octanol–water partition coefficient (Wildman–Crippen LogP) is 4.80. The molecular weight excluding hydrogens is 395 g/mol. The van der Waals surface area contributed by atoms with Crippen LogP contribution in [0.15, 0.2) is 70.3 Å². The third kappa shape index (κ3) is 6.18. The van der Waals surface area contributed by atoms with Crippen molar-refractivity contribution in [3.05, 3.63) is 89.1 Å². The SMILES string of the molecule is CCNC(=NCc1ccc(NC(=O)c2ccco2)cc1)NC(C)c1ccc(C)c(F)c1. The van der Waals surface area contributed by atoms with E-state index < -0.39 is 0 Å². The van der Waals surface area contributed by atoms with Gasteiger partial charge in [0.2, 0.25) is 0 Å². The lowest BCUT2D eigenvalue weighted by Crippen LogP contribution is -2.38. The Morgan fingerprint density at radius 1 is 1.16 bits per heavy atom. The number of anilines is 1. The number of furan rings is 1. The van der Waals surface area contributed by atoms with Crippen molar-refractivity contribution in [1.82, 2.24) is 10.6 Å². The van der Waals surface area contributed by atoms with Crippen molar-refractivity contribution in [2.75, 3.05) is 11.9 Å². The van der Waals surface area contributed by atoms with Gasteiger partial charge in [0.25, 0.3) is 5.91 Å². The van der Waals surface area contributed by atoms with Gasteiger partial charge in [0.05, 0.1) is 18.8 Å². The second-order valence-electron chi connectivity index (χ2n) is 7.20. The standard InChI is InChI=1S/C24H27FN4O2/c1-4-26-24(28-17(3)19-10-7-16(2)21(25)14-19)27-15-18-8-11-20(12-9-18)29-23(30)22-6-5-13-31-22/h5-14,17H,4,15H2,1-3H3,(H,29,30)(H2,26,27,28). The van der Waals surface area contributed by atoms with Crippen LogP contribution in [0.1, 0.15) is 47.1 Å². The lowest BCUT2D eigenvalue weighted by atomic mass is 10.1. The maximum Gasteiger partial charge on any atom is 0.291 e. The van der Waals surface area contributed by atoms with Gasteiger partial charge >= 0.3 is 0 Å². The highest BCUT2D eigenvalue weighted by Gasteiger charge is 2.10. The first-order valence-electron chi connectivity index (χ1n) is 10.2. The minimum Gasteiger partial charge on any atom is -0.459 e. The quantitative estimate of drug-likeness (QED) is 0.378. The second kappa shape index (κ2) is 10.4. The summed E-state index contributed by atoms with van der Waals surface area (Å²) in [6.07, 6.45) is 1.46. The molecule has 0 fully saturated rings. The van der Waals surface area contributed by atoms with Crippen LogP contribution in [0.4, 0.5) is 10.1 Å². The number of nitrogens with one attached hydrogen (secondary N) is 3. The van der Waals surface area contributed by atoms with Crippen molar-refractivity contribution >= 4 is 17.6 Å². The number of aryl methyl sites for hydroxylation is 1. The molecule has 3 N–H and O–H groups in total. The minimum atomic E-state index is -0.295. The molecule has 1 heterocycles. The van der Waals surface area contributed by atoms with Gasteiger partial charge in [-0.1, -0.05) is 24.3 Å². The summed E-state index contributed by atoms with van der Waals surface area (Å²) in [6, 6.07) is 15.9. The van der Waals surface area contributed by atoms with E-state index in [0.717, 1.165) is 11.1 Å². The first-order chi connectivity index (χ1) is 15.0. The van der Waals surface area contributed by atoms with E-state index in [4.69, 9.17) is 4.42 Å². The lowest BCUT2D eigenvalue weighted by Gasteiger charge is -2.18. The van der Waals surface area contributed by atoms with E-state index in [0.29, 0.717) is 30.3 Å². The van der Waals surface area contributed by atoms with Crippen LogP contribution in [0.5, 0.6) is 0 Å². The molecule has 3 rings (SSSR count). The van der Waals surface area contributed by atoms with Crippen molar-refractivity contribution in [2.24, 2.45) is 4.99 Å². The molecular formula is C24H27FN4O2. The Labute approximate surface area is 181 Å². The molecule has 6 nitrogen and oxygen atoms in total. The molecule has 0 radical (unpaired) electrons. The number of hydrogen-bond acceptors (Lipinski definition) is 3. The van der Waals surface area contributed by atoms with Crippen molar-refractivity contribution in [2.45, 2.75) is 33.4 Å². The smallest absolute Gasteiger partial charge is 0.291 e. The number of benzene rings is 2. The average molecular weight is 423 g/mol. The summed E-state index contributed by atoms with van der Waals surface area (Å²) in [5.41, 5.74) is 3.14. The number of amides is 1. The normalized spacial score (nSPS) is 12.3. The van der Waals surface area contributed by atoms with Crippen LogP contribution in [0.3, 0.4) is 0 Å². The molecule has 0 aliphatic carbocycles. The fourth-order valence-corrected chi connectivity index (χ4v) is 2.95. The van der Waals surface area contributed by atoms with Gasteiger partial charge in [-0.3, -0.25) is 4.79 Å². The van der Waals surface area contributed by atoms with E-state index in [9.17, 15) is 9.18 Å². The Morgan fingerprint density at radius 3 is 2.58 bits per heavy atom. The summed E-state index contributed by atoms with van der Waals surface area (Å²) in [5.74, 6) is 0.395. The third-order valence-corrected chi connectivity index (χ3v) is 4.77. The lowest BCUT2D eigenvalue weighted by molar-refractivity contribution is 0.0996. The predicted molar refractivity (Wildman–Crippen MR) is 121 cm³/mol. The number of aliphatic imine (C=N–C) groups is 1. The number of hydrogen-bond donors (Lipinski definition) is 3. The van der Waals surface area contributed by atoms with Gasteiger partial charge in [-0.25, -0.2) is 9.38 Å². The van der Waals surface area contributed by atoms with Crippen molar-refractivity contribution in [1.29, 1.82) is 0 Å². The molecule has 3 aromatic rings.